The summed E-state index contributed by atoms with van der Waals surface area (Å²) in [6.45, 7) is 3.57. The molecule has 0 atom stereocenters. The van der Waals surface area contributed by atoms with Gasteiger partial charge in [-0.15, -0.1) is 5.92 Å². The first-order chi connectivity index (χ1) is 7.06. The number of aryl methyl sites for hydroxylation is 1. The summed E-state index contributed by atoms with van der Waals surface area (Å²) in [6, 6.07) is 6.72. The Balaban J connectivity index is 3.05. The maximum absolute atomic E-state index is 11.7. The Morgan fingerprint density at radius 3 is 2.33 bits per heavy atom. The smallest absolute Gasteiger partial charge is 0.200 e. The van der Waals surface area contributed by atoms with E-state index in [9.17, 15) is 8.42 Å². The molecule has 0 aromatic heterocycles. The van der Waals surface area contributed by atoms with Crippen molar-refractivity contribution in [3.05, 3.63) is 41.3 Å². The van der Waals surface area contributed by atoms with Crippen LogP contribution in [-0.2, 0) is 9.84 Å². The number of benzene rings is 1. The van der Waals surface area contributed by atoms with Crippen molar-refractivity contribution in [2.24, 2.45) is 0 Å². The van der Waals surface area contributed by atoms with Gasteiger partial charge in [-0.05, 0) is 32.1 Å². The van der Waals surface area contributed by atoms with Gasteiger partial charge in [0.05, 0.1) is 4.90 Å². The minimum atomic E-state index is -3.33. The van der Waals surface area contributed by atoms with Gasteiger partial charge in [-0.2, -0.15) is 0 Å². The van der Waals surface area contributed by atoms with Crippen molar-refractivity contribution in [2.45, 2.75) is 18.7 Å². The molecule has 0 aliphatic heterocycles. The highest BCUT2D eigenvalue weighted by Gasteiger charge is 2.08. The van der Waals surface area contributed by atoms with Gasteiger partial charge in [0.15, 0.2) is 9.84 Å². The zero-order valence-corrected chi connectivity index (χ0v) is 9.51. The number of rotatable bonds is 2. The summed E-state index contributed by atoms with van der Waals surface area (Å²) in [5.74, 6) is 5.18. The molecular weight excluding hydrogens is 208 g/mol. The Hall–Kier alpha value is -1.53. The third-order valence-corrected chi connectivity index (χ3v) is 3.25. The summed E-state index contributed by atoms with van der Waals surface area (Å²) >= 11 is 0. The van der Waals surface area contributed by atoms with E-state index in [0.717, 1.165) is 11.0 Å². The molecule has 1 aromatic rings. The first kappa shape index (κ1) is 11.5. The molecule has 1 aromatic carbocycles. The second kappa shape index (κ2) is 4.81. The third kappa shape index (κ3) is 3.26. The molecule has 0 aliphatic carbocycles. The highest BCUT2D eigenvalue weighted by Crippen LogP contribution is 2.12. The second-order valence-corrected chi connectivity index (χ2v) is 4.89. The van der Waals surface area contributed by atoms with Crippen molar-refractivity contribution < 1.29 is 8.42 Å². The van der Waals surface area contributed by atoms with Crippen LogP contribution in [0, 0.1) is 18.8 Å². The molecule has 0 saturated heterocycles. The fourth-order valence-electron chi connectivity index (χ4n) is 1.01. The Bertz CT molecular complexity index is 511. The highest BCUT2D eigenvalue weighted by atomic mass is 32.2. The molecule has 15 heavy (non-hydrogen) atoms. The summed E-state index contributed by atoms with van der Waals surface area (Å²) < 4.78 is 23.3. The van der Waals surface area contributed by atoms with Crippen LogP contribution in [0.1, 0.15) is 12.5 Å². The van der Waals surface area contributed by atoms with Crippen LogP contribution in [0.5, 0.6) is 0 Å². The van der Waals surface area contributed by atoms with E-state index in [2.05, 4.69) is 11.8 Å². The maximum atomic E-state index is 11.7. The highest BCUT2D eigenvalue weighted by molar-refractivity contribution is 7.94. The first-order valence-corrected chi connectivity index (χ1v) is 6.01. The van der Waals surface area contributed by atoms with E-state index in [-0.39, 0.29) is 0 Å². The van der Waals surface area contributed by atoms with Gasteiger partial charge in [-0.25, -0.2) is 8.42 Å². The molecule has 0 aliphatic rings. The maximum Gasteiger partial charge on any atom is 0.200 e. The molecule has 0 radical (unpaired) electrons. The van der Waals surface area contributed by atoms with Crippen molar-refractivity contribution in [1.29, 1.82) is 0 Å². The minimum Gasteiger partial charge on any atom is -0.219 e. The van der Waals surface area contributed by atoms with Gasteiger partial charge < -0.3 is 0 Å². The molecule has 0 heterocycles. The number of hydrogen-bond donors (Lipinski definition) is 0. The first-order valence-electron chi connectivity index (χ1n) is 4.47. The molecular formula is C12H12O2S. The minimum absolute atomic E-state index is 0.294. The number of hydrogen-bond acceptors (Lipinski definition) is 2. The molecule has 0 bridgehead atoms. The predicted octanol–water partition coefficient (Wildman–Crippen LogP) is 2.31. The van der Waals surface area contributed by atoms with E-state index in [4.69, 9.17) is 0 Å². The van der Waals surface area contributed by atoms with Gasteiger partial charge in [0.2, 0.25) is 0 Å². The van der Waals surface area contributed by atoms with Gasteiger partial charge in [-0.1, -0.05) is 23.6 Å². The van der Waals surface area contributed by atoms with E-state index < -0.39 is 9.84 Å². The van der Waals surface area contributed by atoms with E-state index in [0.29, 0.717) is 4.90 Å². The van der Waals surface area contributed by atoms with Crippen LogP contribution in [0.2, 0.25) is 0 Å². The van der Waals surface area contributed by atoms with Crippen LogP contribution in [0.25, 0.3) is 0 Å². The lowest BCUT2D eigenvalue weighted by Gasteiger charge is -1.98. The molecule has 0 spiro atoms. The summed E-state index contributed by atoms with van der Waals surface area (Å²) in [5.41, 5.74) is 1.03. The molecule has 1 rings (SSSR count). The van der Waals surface area contributed by atoms with Crippen LogP contribution in [-0.4, -0.2) is 8.42 Å². The summed E-state index contributed by atoms with van der Waals surface area (Å²) in [5, 5.41) is 1.12. The molecule has 0 amide bonds. The number of sulfone groups is 1. The van der Waals surface area contributed by atoms with Gasteiger partial charge >= 0.3 is 0 Å². The van der Waals surface area contributed by atoms with Crippen LogP contribution >= 0.6 is 0 Å². The monoisotopic (exact) mass is 220 g/mol. The molecule has 2 nitrogen and oxygen atoms in total. The van der Waals surface area contributed by atoms with Gasteiger partial charge in [0.25, 0.3) is 0 Å². The van der Waals surface area contributed by atoms with E-state index >= 15 is 0 Å². The van der Waals surface area contributed by atoms with Crippen molar-refractivity contribution in [2.75, 3.05) is 0 Å². The lowest BCUT2D eigenvalue weighted by Crippen LogP contribution is -1.95. The molecule has 0 fully saturated rings. The average molecular weight is 220 g/mol. The molecule has 3 heteroatoms. The predicted molar refractivity (Wildman–Crippen MR) is 61.0 cm³/mol. The lowest BCUT2D eigenvalue weighted by molar-refractivity contribution is 0.604. The topological polar surface area (TPSA) is 34.1 Å². The fraction of sp³-hybridized carbons (Fsp3) is 0.167. The Kier molecular flexibility index (Phi) is 3.70. The molecule has 78 valence electrons. The van der Waals surface area contributed by atoms with Crippen LogP contribution in [0.3, 0.4) is 0 Å². The lowest BCUT2D eigenvalue weighted by atomic mass is 10.2. The largest absolute Gasteiger partial charge is 0.219 e. The summed E-state index contributed by atoms with van der Waals surface area (Å²) in [7, 11) is -3.33. The zero-order chi connectivity index (χ0) is 11.3. The van der Waals surface area contributed by atoms with Gasteiger partial charge in [0, 0.05) is 5.41 Å². The van der Waals surface area contributed by atoms with Gasteiger partial charge in [0.1, 0.15) is 0 Å². The van der Waals surface area contributed by atoms with Crippen LogP contribution < -0.4 is 0 Å². The summed E-state index contributed by atoms with van der Waals surface area (Å²) in [6.07, 6.45) is 1.34. The number of allylic oxidation sites excluding steroid dienone is 1. The van der Waals surface area contributed by atoms with E-state index in [1.165, 1.54) is 6.08 Å². The van der Waals surface area contributed by atoms with E-state index in [1.807, 2.05) is 6.92 Å². The Labute approximate surface area is 90.6 Å². The normalized spacial score (nSPS) is 11.1. The fourth-order valence-corrected chi connectivity index (χ4v) is 1.93. The second-order valence-electron chi connectivity index (χ2n) is 3.06. The average Bonchev–Trinajstić information content (AvgIpc) is 2.18. The van der Waals surface area contributed by atoms with Gasteiger partial charge in [-0.3, -0.25) is 0 Å². The van der Waals surface area contributed by atoms with Crippen LogP contribution in [0.4, 0.5) is 0 Å². The van der Waals surface area contributed by atoms with Crippen molar-refractivity contribution in [3.8, 4) is 11.8 Å². The molecule has 0 N–H and O–H groups in total. The van der Waals surface area contributed by atoms with Crippen LogP contribution in [0.15, 0.2) is 40.6 Å². The quantitative estimate of drug-likeness (QED) is 0.717. The van der Waals surface area contributed by atoms with E-state index in [1.54, 1.807) is 31.2 Å². The molecule has 0 saturated carbocycles. The standard InChI is InChI=1S/C12H12O2S/c1-3-4-5-10-15(13,14)12-8-6-11(2)7-9-12/h5-10H,1-2H3/b10-5+. The van der Waals surface area contributed by atoms with Crippen molar-refractivity contribution >= 4 is 9.84 Å². The SMILES string of the molecule is CC#C/C=C/S(=O)(=O)c1ccc(C)cc1. The Morgan fingerprint density at radius 2 is 1.80 bits per heavy atom. The third-order valence-electron chi connectivity index (χ3n) is 1.82. The summed E-state index contributed by atoms with van der Waals surface area (Å²) in [4.78, 5) is 0.294. The zero-order valence-electron chi connectivity index (χ0n) is 8.69. The Morgan fingerprint density at radius 1 is 1.20 bits per heavy atom. The molecule has 0 unspecified atom stereocenters. The van der Waals surface area contributed by atoms with Crippen molar-refractivity contribution in [3.63, 3.8) is 0 Å². The van der Waals surface area contributed by atoms with Crippen molar-refractivity contribution in [1.82, 2.24) is 0 Å².